The molecule has 0 aromatic rings. The Morgan fingerprint density at radius 2 is 1.89 bits per heavy atom. The van der Waals surface area contributed by atoms with E-state index in [-0.39, 0.29) is 18.4 Å². The standard InChI is InChI=1S/C14H24N2O3/c17-12(18)10-14(7-3-1-4-8-14)16-13(19)11-6-2-5-9-15-11/h11,15H,1-10H2,(H,16,19)(H,17,18). The number of carbonyl (C=O) groups excluding carboxylic acids is 1. The summed E-state index contributed by atoms with van der Waals surface area (Å²) in [5.41, 5.74) is -0.514. The van der Waals surface area contributed by atoms with Crippen LogP contribution < -0.4 is 10.6 Å². The fourth-order valence-corrected chi connectivity index (χ4v) is 3.29. The normalized spacial score (nSPS) is 26.6. The zero-order valence-corrected chi connectivity index (χ0v) is 11.4. The minimum atomic E-state index is -0.821. The van der Waals surface area contributed by atoms with E-state index < -0.39 is 11.5 Å². The number of rotatable bonds is 4. The second-order valence-electron chi connectivity index (χ2n) is 5.90. The summed E-state index contributed by atoms with van der Waals surface area (Å²) >= 11 is 0. The van der Waals surface area contributed by atoms with E-state index >= 15 is 0 Å². The van der Waals surface area contributed by atoms with Gasteiger partial charge < -0.3 is 15.7 Å². The number of nitrogens with one attached hydrogen (secondary N) is 2. The Labute approximate surface area is 114 Å². The maximum Gasteiger partial charge on any atom is 0.305 e. The maximum absolute atomic E-state index is 12.3. The lowest BCUT2D eigenvalue weighted by atomic mass is 9.79. The zero-order chi connectivity index (χ0) is 13.7. The molecule has 1 heterocycles. The summed E-state index contributed by atoms with van der Waals surface area (Å²) < 4.78 is 0. The first kappa shape index (κ1) is 14.3. The molecule has 1 unspecified atom stereocenters. The summed E-state index contributed by atoms with van der Waals surface area (Å²) in [7, 11) is 0. The first-order valence-electron chi connectivity index (χ1n) is 7.39. The van der Waals surface area contributed by atoms with E-state index in [1.54, 1.807) is 0 Å². The molecule has 108 valence electrons. The molecule has 1 aliphatic heterocycles. The average Bonchev–Trinajstić information content (AvgIpc) is 2.39. The van der Waals surface area contributed by atoms with Gasteiger partial charge in [0.2, 0.25) is 5.91 Å². The molecule has 0 aromatic heterocycles. The van der Waals surface area contributed by atoms with Crippen molar-refractivity contribution in [3.63, 3.8) is 0 Å². The largest absolute Gasteiger partial charge is 0.481 e. The van der Waals surface area contributed by atoms with Crippen molar-refractivity contribution in [2.75, 3.05) is 6.54 Å². The summed E-state index contributed by atoms with van der Waals surface area (Å²) in [6.07, 6.45) is 7.81. The monoisotopic (exact) mass is 268 g/mol. The fraction of sp³-hybridized carbons (Fsp3) is 0.857. The Morgan fingerprint density at radius 3 is 2.47 bits per heavy atom. The van der Waals surface area contributed by atoms with Gasteiger partial charge in [-0.05, 0) is 32.2 Å². The van der Waals surface area contributed by atoms with Gasteiger partial charge in [-0.2, -0.15) is 0 Å². The quantitative estimate of drug-likeness (QED) is 0.720. The predicted octanol–water partition coefficient (Wildman–Crippen LogP) is 1.42. The molecule has 2 aliphatic rings. The SMILES string of the molecule is O=C(O)CC1(NC(=O)C2CCCCN2)CCCCC1. The fourth-order valence-electron chi connectivity index (χ4n) is 3.29. The molecule has 5 nitrogen and oxygen atoms in total. The minimum absolute atomic E-state index is 0.0112. The van der Waals surface area contributed by atoms with Crippen LogP contribution in [-0.2, 0) is 9.59 Å². The first-order valence-corrected chi connectivity index (χ1v) is 7.39. The molecule has 2 fully saturated rings. The molecule has 2 rings (SSSR count). The minimum Gasteiger partial charge on any atom is -0.481 e. The van der Waals surface area contributed by atoms with Gasteiger partial charge in [0.25, 0.3) is 0 Å². The van der Waals surface area contributed by atoms with Crippen LogP contribution in [0.5, 0.6) is 0 Å². The van der Waals surface area contributed by atoms with Gasteiger partial charge in [0, 0.05) is 0 Å². The lowest BCUT2D eigenvalue weighted by Gasteiger charge is -2.38. The van der Waals surface area contributed by atoms with E-state index in [1.807, 2.05) is 0 Å². The van der Waals surface area contributed by atoms with Crippen molar-refractivity contribution in [1.82, 2.24) is 10.6 Å². The van der Waals surface area contributed by atoms with Crippen molar-refractivity contribution in [2.45, 2.75) is 69.4 Å². The highest BCUT2D eigenvalue weighted by molar-refractivity contribution is 5.83. The summed E-state index contributed by atoms with van der Waals surface area (Å²) in [6.45, 7) is 0.879. The van der Waals surface area contributed by atoms with Crippen molar-refractivity contribution in [2.24, 2.45) is 0 Å². The van der Waals surface area contributed by atoms with Crippen LogP contribution in [-0.4, -0.2) is 35.1 Å². The smallest absolute Gasteiger partial charge is 0.305 e. The molecular formula is C14H24N2O3. The van der Waals surface area contributed by atoms with Crippen LogP contribution >= 0.6 is 0 Å². The van der Waals surface area contributed by atoms with Gasteiger partial charge in [-0.25, -0.2) is 0 Å². The first-order chi connectivity index (χ1) is 9.11. The number of carboxylic acids is 1. The Bertz CT molecular complexity index is 332. The number of carbonyl (C=O) groups is 2. The Hall–Kier alpha value is -1.10. The number of piperidine rings is 1. The van der Waals surface area contributed by atoms with Crippen LogP contribution in [0.25, 0.3) is 0 Å². The van der Waals surface area contributed by atoms with Crippen LogP contribution in [0.1, 0.15) is 57.8 Å². The van der Waals surface area contributed by atoms with E-state index in [4.69, 9.17) is 5.11 Å². The third kappa shape index (κ3) is 3.93. The summed E-state index contributed by atoms with van der Waals surface area (Å²) in [6, 6.07) is -0.138. The predicted molar refractivity (Wildman–Crippen MR) is 71.9 cm³/mol. The van der Waals surface area contributed by atoms with Crippen molar-refractivity contribution in [1.29, 1.82) is 0 Å². The van der Waals surface area contributed by atoms with Crippen LogP contribution in [0.4, 0.5) is 0 Å². The van der Waals surface area contributed by atoms with Gasteiger partial charge in [-0.1, -0.05) is 25.7 Å². The molecule has 0 aromatic carbocycles. The molecule has 1 amide bonds. The van der Waals surface area contributed by atoms with Gasteiger partial charge >= 0.3 is 5.97 Å². The zero-order valence-electron chi connectivity index (χ0n) is 11.4. The van der Waals surface area contributed by atoms with Crippen LogP contribution in [0.3, 0.4) is 0 Å². The average molecular weight is 268 g/mol. The maximum atomic E-state index is 12.3. The lowest BCUT2D eigenvalue weighted by Crippen LogP contribution is -2.57. The molecule has 1 saturated heterocycles. The van der Waals surface area contributed by atoms with Crippen LogP contribution in [0, 0.1) is 0 Å². The van der Waals surface area contributed by atoms with Gasteiger partial charge in [0.15, 0.2) is 0 Å². The topological polar surface area (TPSA) is 78.4 Å². The molecule has 1 saturated carbocycles. The number of hydrogen-bond acceptors (Lipinski definition) is 3. The highest BCUT2D eigenvalue weighted by atomic mass is 16.4. The second kappa shape index (κ2) is 6.37. The van der Waals surface area contributed by atoms with Gasteiger partial charge in [-0.3, -0.25) is 9.59 Å². The van der Waals surface area contributed by atoms with Crippen molar-refractivity contribution in [3.8, 4) is 0 Å². The molecule has 1 atom stereocenters. The van der Waals surface area contributed by atoms with E-state index in [0.717, 1.165) is 57.9 Å². The van der Waals surface area contributed by atoms with Crippen LogP contribution in [0.15, 0.2) is 0 Å². The molecule has 19 heavy (non-hydrogen) atoms. The Balaban J connectivity index is 1.98. The molecule has 0 radical (unpaired) electrons. The number of aliphatic carboxylic acids is 1. The van der Waals surface area contributed by atoms with E-state index in [1.165, 1.54) is 0 Å². The number of carboxylic acid groups (broad SMARTS) is 1. The highest BCUT2D eigenvalue weighted by Crippen LogP contribution is 2.31. The van der Waals surface area contributed by atoms with Crippen molar-refractivity contribution < 1.29 is 14.7 Å². The van der Waals surface area contributed by atoms with Crippen LogP contribution in [0.2, 0.25) is 0 Å². The third-order valence-electron chi connectivity index (χ3n) is 4.32. The molecule has 0 spiro atoms. The molecule has 1 aliphatic carbocycles. The van der Waals surface area contributed by atoms with Gasteiger partial charge in [0.05, 0.1) is 18.0 Å². The van der Waals surface area contributed by atoms with Crippen molar-refractivity contribution >= 4 is 11.9 Å². The molecule has 0 bridgehead atoms. The Kier molecular flexibility index (Phi) is 4.80. The van der Waals surface area contributed by atoms with E-state index in [0.29, 0.717) is 0 Å². The second-order valence-corrected chi connectivity index (χ2v) is 5.90. The highest BCUT2D eigenvalue weighted by Gasteiger charge is 2.37. The molecular weight excluding hydrogens is 244 g/mol. The lowest BCUT2D eigenvalue weighted by molar-refractivity contribution is -0.139. The molecule has 3 N–H and O–H groups in total. The number of hydrogen-bond donors (Lipinski definition) is 3. The summed E-state index contributed by atoms with van der Waals surface area (Å²) in [4.78, 5) is 23.4. The van der Waals surface area contributed by atoms with Gasteiger partial charge in [-0.15, -0.1) is 0 Å². The third-order valence-corrected chi connectivity index (χ3v) is 4.32. The van der Waals surface area contributed by atoms with Gasteiger partial charge in [0.1, 0.15) is 0 Å². The summed E-state index contributed by atoms with van der Waals surface area (Å²) in [5, 5.41) is 15.4. The summed E-state index contributed by atoms with van der Waals surface area (Å²) in [5.74, 6) is -0.832. The number of amides is 1. The van der Waals surface area contributed by atoms with E-state index in [2.05, 4.69) is 10.6 Å². The molecule has 5 heteroatoms. The van der Waals surface area contributed by atoms with E-state index in [9.17, 15) is 9.59 Å². The van der Waals surface area contributed by atoms with Crippen molar-refractivity contribution in [3.05, 3.63) is 0 Å². The Morgan fingerprint density at radius 1 is 1.16 bits per heavy atom.